The standard InChI is InChI=1S/C11H16N2O3/c1-4-6-7(3)11(5-2)8(14)12-10(16)13-9(11)15/h4,6-7H,5H2,1-3H3,(H2,12,13,14,15,16)/b6-4-. The number of rotatable bonds is 3. The van der Waals surface area contributed by atoms with Crippen LogP contribution >= 0.6 is 0 Å². The Morgan fingerprint density at radius 3 is 2.12 bits per heavy atom. The predicted octanol–water partition coefficient (Wildman–Crippen LogP) is 0.961. The zero-order valence-electron chi connectivity index (χ0n) is 9.66. The summed E-state index contributed by atoms with van der Waals surface area (Å²) in [6, 6.07) is -0.744. The van der Waals surface area contributed by atoms with Crippen molar-refractivity contribution < 1.29 is 14.4 Å². The Kier molecular flexibility index (Phi) is 3.47. The minimum Gasteiger partial charge on any atom is -0.277 e. The lowest BCUT2D eigenvalue weighted by Gasteiger charge is -2.36. The molecule has 5 nitrogen and oxygen atoms in total. The summed E-state index contributed by atoms with van der Waals surface area (Å²) in [4.78, 5) is 34.7. The molecule has 1 saturated heterocycles. The molecule has 5 heteroatoms. The van der Waals surface area contributed by atoms with Gasteiger partial charge in [-0.05, 0) is 19.3 Å². The normalized spacial score (nSPS) is 21.8. The molecule has 0 aliphatic carbocycles. The van der Waals surface area contributed by atoms with Crippen molar-refractivity contribution in [3.63, 3.8) is 0 Å². The minimum absolute atomic E-state index is 0.254. The van der Waals surface area contributed by atoms with Crippen LogP contribution in [-0.4, -0.2) is 17.8 Å². The third-order valence-electron chi connectivity index (χ3n) is 3.08. The summed E-state index contributed by atoms with van der Waals surface area (Å²) < 4.78 is 0. The van der Waals surface area contributed by atoms with Crippen molar-refractivity contribution >= 4 is 17.8 Å². The zero-order chi connectivity index (χ0) is 12.3. The molecule has 1 unspecified atom stereocenters. The number of carbonyl (C=O) groups is 3. The first-order valence-electron chi connectivity index (χ1n) is 5.28. The first-order valence-corrected chi connectivity index (χ1v) is 5.28. The summed E-state index contributed by atoms with van der Waals surface area (Å²) in [6.45, 7) is 5.37. The number of hydrogen-bond donors (Lipinski definition) is 2. The van der Waals surface area contributed by atoms with Gasteiger partial charge in [0.25, 0.3) is 0 Å². The lowest BCUT2D eigenvalue weighted by atomic mass is 9.71. The van der Waals surface area contributed by atoms with Gasteiger partial charge in [-0.2, -0.15) is 0 Å². The molecule has 0 bridgehead atoms. The molecule has 0 radical (unpaired) electrons. The highest BCUT2D eigenvalue weighted by molar-refractivity contribution is 6.19. The third kappa shape index (κ3) is 1.73. The molecule has 1 heterocycles. The van der Waals surface area contributed by atoms with Crippen LogP contribution in [0, 0.1) is 11.3 Å². The first-order chi connectivity index (χ1) is 7.48. The Labute approximate surface area is 94.3 Å². The van der Waals surface area contributed by atoms with Gasteiger partial charge in [-0.25, -0.2) is 4.79 Å². The number of urea groups is 1. The van der Waals surface area contributed by atoms with E-state index < -0.39 is 23.3 Å². The van der Waals surface area contributed by atoms with E-state index in [4.69, 9.17) is 0 Å². The molecule has 16 heavy (non-hydrogen) atoms. The quantitative estimate of drug-likeness (QED) is 0.554. The van der Waals surface area contributed by atoms with Gasteiger partial charge in [-0.15, -0.1) is 0 Å². The number of nitrogens with one attached hydrogen (secondary N) is 2. The van der Waals surface area contributed by atoms with Crippen molar-refractivity contribution in [1.29, 1.82) is 0 Å². The van der Waals surface area contributed by atoms with E-state index in [1.165, 1.54) is 0 Å². The molecular weight excluding hydrogens is 208 g/mol. The average Bonchev–Trinajstić information content (AvgIpc) is 2.18. The summed E-state index contributed by atoms with van der Waals surface area (Å²) in [6.07, 6.45) is 3.93. The molecule has 88 valence electrons. The highest BCUT2D eigenvalue weighted by atomic mass is 16.2. The number of amides is 4. The van der Waals surface area contributed by atoms with Crippen molar-refractivity contribution in [3.8, 4) is 0 Å². The zero-order valence-corrected chi connectivity index (χ0v) is 9.66. The second-order valence-electron chi connectivity index (χ2n) is 3.88. The average molecular weight is 224 g/mol. The van der Waals surface area contributed by atoms with Crippen molar-refractivity contribution in [1.82, 2.24) is 10.6 Å². The number of carbonyl (C=O) groups excluding carboxylic acids is 3. The van der Waals surface area contributed by atoms with Crippen molar-refractivity contribution in [2.75, 3.05) is 0 Å². The van der Waals surface area contributed by atoms with Crippen LogP contribution in [0.3, 0.4) is 0 Å². The molecule has 4 amide bonds. The smallest absolute Gasteiger partial charge is 0.277 e. The highest BCUT2D eigenvalue weighted by Crippen LogP contribution is 2.34. The predicted molar refractivity (Wildman–Crippen MR) is 58.4 cm³/mol. The Morgan fingerprint density at radius 1 is 1.25 bits per heavy atom. The molecule has 1 rings (SSSR count). The van der Waals surface area contributed by atoms with E-state index in [9.17, 15) is 14.4 Å². The first kappa shape index (κ1) is 12.4. The second-order valence-corrected chi connectivity index (χ2v) is 3.88. The van der Waals surface area contributed by atoms with Crippen LogP contribution < -0.4 is 10.6 Å². The van der Waals surface area contributed by atoms with E-state index >= 15 is 0 Å². The molecular formula is C11H16N2O3. The molecule has 0 aromatic rings. The minimum atomic E-state index is -1.18. The maximum Gasteiger partial charge on any atom is 0.328 e. The van der Waals surface area contributed by atoms with Crippen LogP contribution in [0.2, 0.25) is 0 Å². The van der Waals surface area contributed by atoms with Crippen molar-refractivity contribution in [2.45, 2.75) is 27.2 Å². The van der Waals surface area contributed by atoms with Crippen LogP contribution in [0.4, 0.5) is 4.79 Å². The summed E-state index contributed by atoms with van der Waals surface area (Å²) in [5.74, 6) is -1.29. The lowest BCUT2D eigenvalue weighted by Crippen LogP contribution is -2.64. The fraction of sp³-hybridized carbons (Fsp3) is 0.545. The molecule has 0 aromatic carbocycles. The van der Waals surface area contributed by atoms with Crippen LogP contribution in [-0.2, 0) is 9.59 Å². The molecule has 1 aliphatic rings. The topological polar surface area (TPSA) is 75.3 Å². The van der Waals surface area contributed by atoms with E-state index in [-0.39, 0.29) is 5.92 Å². The lowest BCUT2D eigenvalue weighted by molar-refractivity contribution is -0.147. The van der Waals surface area contributed by atoms with Gasteiger partial charge in [-0.3, -0.25) is 20.2 Å². The monoisotopic (exact) mass is 224 g/mol. The summed E-state index contributed by atoms with van der Waals surface area (Å²) in [5, 5.41) is 4.29. The Morgan fingerprint density at radius 2 is 1.75 bits per heavy atom. The van der Waals surface area contributed by atoms with E-state index in [2.05, 4.69) is 10.6 Å². The van der Waals surface area contributed by atoms with Gasteiger partial charge in [0.1, 0.15) is 5.41 Å². The number of barbiturate groups is 1. The van der Waals surface area contributed by atoms with Gasteiger partial charge in [0, 0.05) is 0 Å². The van der Waals surface area contributed by atoms with Gasteiger partial charge >= 0.3 is 6.03 Å². The molecule has 0 saturated carbocycles. The maximum atomic E-state index is 11.9. The number of hydrogen-bond acceptors (Lipinski definition) is 3. The molecule has 1 atom stereocenters. The second kappa shape index (κ2) is 4.47. The summed E-state index contributed by atoms with van der Waals surface area (Å²) >= 11 is 0. The molecule has 1 fully saturated rings. The van der Waals surface area contributed by atoms with Gasteiger partial charge in [0.05, 0.1) is 0 Å². The molecule has 0 spiro atoms. The van der Waals surface area contributed by atoms with Gasteiger partial charge in [-0.1, -0.05) is 26.0 Å². The Balaban J connectivity index is 3.15. The van der Waals surface area contributed by atoms with E-state index in [0.717, 1.165) is 0 Å². The molecule has 2 N–H and O–H groups in total. The fourth-order valence-electron chi connectivity index (χ4n) is 2.07. The van der Waals surface area contributed by atoms with Crippen molar-refractivity contribution in [3.05, 3.63) is 12.2 Å². The van der Waals surface area contributed by atoms with Gasteiger partial charge < -0.3 is 0 Å². The SMILES string of the molecule is C/C=C\C(C)C1(CC)C(=O)NC(=O)NC1=O. The number of imide groups is 2. The van der Waals surface area contributed by atoms with E-state index in [1.54, 1.807) is 26.0 Å². The van der Waals surface area contributed by atoms with E-state index in [1.807, 2.05) is 6.92 Å². The van der Waals surface area contributed by atoms with Crippen LogP contribution in [0.25, 0.3) is 0 Å². The fourth-order valence-corrected chi connectivity index (χ4v) is 2.07. The van der Waals surface area contributed by atoms with Gasteiger partial charge in [0.15, 0.2) is 0 Å². The maximum absolute atomic E-state index is 11.9. The highest BCUT2D eigenvalue weighted by Gasteiger charge is 2.51. The van der Waals surface area contributed by atoms with Crippen LogP contribution in [0.15, 0.2) is 12.2 Å². The third-order valence-corrected chi connectivity index (χ3v) is 3.08. The largest absolute Gasteiger partial charge is 0.328 e. The Hall–Kier alpha value is -1.65. The Bertz CT molecular complexity index is 340. The van der Waals surface area contributed by atoms with Crippen molar-refractivity contribution in [2.24, 2.45) is 11.3 Å². The van der Waals surface area contributed by atoms with Gasteiger partial charge in [0.2, 0.25) is 11.8 Å². The molecule has 0 aromatic heterocycles. The number of allylic oxidation sites excluding steroid dienone is 2. The van der Waals surface area contributed by atoms with Crippen LogP contribution in [0.1, 0.15) is 27.2 Å². The summed E-state index contributed by atoms with van der Waals surface area (Å²) in [5.41, 5.74) is -1.18. The molecule has 1 aliphatic heterocycles. The van der Waals surface area contributed by atoms with E-state index in [0.29, 0.717) is 6.42 Å². The summed E-state index contributed by atoms with van der Waals surface area (Å²) in [7, 11) is 0. The van der Waals surface area contributed by atoms with Crippen LogP contribution in [0.5, 0.6) is 0 Å².